The van der Waals surface area contributed by atoms with Gasteiger partial charge in [0.15, 0.2) is 5.65 Å². The molecule has 0 atom stereocenters. The molecular weight excluding hydrogens is 343 g/mol. The Labute approximate surface area is 156 Å². The van der Waals surface area contributed by atoms with E-state index in [2.05, 4.69) is 10.1 Å². The third-order valence-electron chi connectivity index (χ3n) is 4.47. The highest BCUT2D eigenvalue weighted by atomic mass is 19.1. The van der Waals surface area contributed by atoms with Crippen LogP contribution in [-0.2, 0) is 0 Å². The Balaban J connectivity index is 2.02. The Bertz CT molecular complexity index is 1110. The van der Waals surface area contributed by atoms with Gasteiger partial charge in [-0.2, -0.15) is 4.98 Å². The summed E-state index contributed by atoms with van der Waals surface area (Å²) >= 11 is 0. The molecule has 0 radical (unpaired) electrons. The van der Waals surface area contributed by atoms with Crippen molar-refractivity contribution in [2.45, 2.75) is 6.92 Å². The molecule has 0 fully saturated rings. The maximum Gasteiger partial charge on any atom is 0.227 e. The number of hydrogen-bond donors (Lipinski definition) is 1. The zero-order valence-corrected chi connectivity index (χ0v) is 15.1. The van der Waals surface area contributed by atoms with E-state index < -0.39 is 0 Å². The molecular formula is C20H19FN6. The van der Waals surface area contributed by atoms with Crippen LogP contribution < -0.4 is 10.6 Å². The Kier molecular flexibility index (Phi) is 4.19. The molecule has 2 aromatic carbocycles. The molecule has 6 nitrogen and oxygen atoms in total. The molecule has 0 aliphatic carbocycles. The largest absolute Gasteiger partial charge is 0.383 e. The van der Waals surface area contributed by atoms with Crippen LogP contribution >= 0.6 is 0 Å². The lowest BCUT2D eigenvalue weighted by atomic mass is 10.1. The van der Waals surface area contributed by atoms with E-state index in [4.69, 9.17) is 10.7 Å². The van der Waals surface area contributed by atoms with Crippen LogP contribution in [0, 0.1) is 5.82 Å². The number of halogens is 1. The van der Waals surface area contributed by atoms with Crippen molar-refractivity contribution in [2.75, 3.05) is 24.2 Å². The molecule has 0 saturated heterocycles. The summed E-state index contributed by atoms with van der Waals surface area (Å²) < 4.78 is 15.2. The molecule has 0 amide bonds. The molecule has 7 heteroatoms. The predicted octanol–water partition coefficient (Wildman–Crippen LogP) is 3.66. The SMILES string of the molecule is CCN(C)c1nc(-c2ccccc2)c2c(N)n(-c3cccc(F)c3)nc2n1. The molecule has 0 aliphatic heterocycles. The number of anilines is 2. The summed E-state index contributed by atoms with van der Waals surface area (Å²) in [5.74, 6) is 0.583. The molecule has 0 aliphatic rings. The van der Waals surface area contributed by atoms with Crippen molar-refractivity contribution < 1.29 is 4.39 Å². The molecule has 0 saturated carbocycles. The standard InChI is InChI=1S/C20H19FN6/c1-3-26(2)20-23-17(13-8-5-4-6-9-13)16-18(22)27(25-19(16)24-20)15-11-7-10-14(21)12-15/h4-12H,3,22H2,1-2H3. The Morgan fingerprint density at radius 3 is 2.56 bits per heavy atom. The van der Waals surface area contributed by atoms with Crippen molar-refractivity contribution in [1.82, 2.24) is 19.7 Å². The summed E-state index contributed by atoms with van der Waals surface area (Å²) in [5, 5.41) is 5.19. The maximum absolute atomic E-state index is 13.7. The van der Waals surface area contributed by atoms with Crippen LogP contribution in [0.25, 0.3) is 28.0 Å². The summed E-state index contributed by atoms with van der Waals surface area (Å²) in [7, 11) is 1.92. The molecule has 2 heterocycles. The monoisotopic (exact) mass is 362 g/mol. The van der Waals surface area contributed by atoms with Crippen molar-refractivity contribution in [3.8, 4) is 16.9 Å². The van der Waals surface area contributed by atoms with Gasteiger partial charge >= 0.3 is 0 Å². The van der Waals surface area contributed by atoms with E-state index in [9.17, 15) is 4.39 Å². The highest BCUT2D eigenvalue weighted by Crippen LogP contribution is 2.33. The summed E-state index contributed by atoms with van der Waals surface area (Å²) in [6.45, 7) is 2.77. The molecule has 0 unspecified atom stereocenters. The first-order chi connectivity index (χ1) is 13.1. The van der Waals surface area contributed by atoms with Crippen molar-refractivity contribution in [3.05, 3.63) is 60.4 Å². The van der Waals surface area contributed by atoms with E-state index in [1.807, 2.05) is 49.2 Å². The van der Waals surface area contributed by atoms with Gasteiger partial charge in [-0.25, -0.2) is 14.1 Å². The summed E-state index contributed by atoms with van der Waals surface area (Å²) in [5.41, 5.74) is 9.03. The average Bonchev–Trinajstić information content (AvgIpc) is 3.04. The van der Waals surface area contributed by atoms with E-state index in [1.165, 1.54) is 16.8 Å². The normalized spacial score (nSPS) is 11.1. The summed E-state index contributed by atoms with van der Waals surface area (Å²) in [6, 6.07) is 15.9. The van der Waals surface area contributed by atoms with Gasteiger partial charge in [0.1, 0.15) is 11.6 Å². The molecule has 136 valence electrons. The molecule has 4 rings (SSSR count). The van der Waals surface area contributed by atoms with Crippen molar-refractivity contribution >= 4 is 22.8 Å². The second-order valence-corrected chi connectivity index (χ2v) is 6.23. The van der Waals surface area contributed by atoms with Gasteiger partial charge in [0.2, 0.25) is 5.95 Å². The number of fused-ring (bicyclic) bond motifs is 1. The van der Waals surface area contributed by atoms with Crippen molar-refractivity contribution in [2.24, 2.45) is 0 Å². The number of aromatic nitrogens is 4. The van der Waals surface area contributed by atoms with Crippen LogP contribution in [0.2, 0.25) is 0 Å². The van der Waals surface area contributed by atoms with Gasteiger partial charge in [-0.1, -0.05) is 36.4 Å². The van der Waals surface area contributed by atoms with Crippen LogP contribution in [0.4, 0.5) is 16.2 Å². The zero-order chi connectivity index (χ0) is 19.0. The molecule has 4 aromatic rings. The van der Waals surface area contributed by atoms with Gasteiger partial charge in [-0.3, -0.25) is 0 Å². The number of nitrogens with zero attached hydrogens (tertiary/aromatic N) is 5. The lowest BCUT2D eigenvalue weighted by molar-refractivity contribution is 0.625. The van der Waals surface area contributed by atoms with Gasteiger partial charge in [0.05, 0.1) is 16.8 Å². The minimum absolute atomic E-state index is 0.354. The fraction of sp³-hybridized carbons (Fsp3) is 0.150. The van der Waals surface area contributed by atoms with Crippen LogP contribution in [-0.4, -0.2) is 33.3 Å². The lowest BCUT2D eigenvalue weighted by Crippen LogP contribution is -2.19. The lowest BCUT2D eigenvalue weighted by Gasteiger charge is -2.15. The third-order valence-corrected chi connectivity index (χ3v) is 4.47. The highest BCUT2D eigenvalue weighted by molar-refractivity contribution is 5.99. The number of rotatable bonds is 4. The van der Waals surface area contributed by atoms with E-state index in [-0.39, 0.29) is 5.82 Å². The van der Waals surface area contributed by atoms with E-state index in [0.29, 0.717) is 34.2 Å². The molecule has 27 heavy (non-hydrogen) atoms. The number of hydrogen-bond acceptors (Lipinski definition) is 5. The van der Waals surface area contributed by atoms with E-state index in [0.717, 1.165) is 12.1 Å². The second kappa shape index (κ2) is 6.68. The second-order valence-electron chi connectivity index (χ2n) is 6.23. The van der Waals surface area contributed by atoms with Crippen LogP contribution in [0.15, 0.2) is 54.6 Å². The maximum atomic E-state index is 13.7. The fourth-order valence-electron chi connectivity index (χ4n) is 2.92. The first kappa shape index (κ1) is 17.0. The van der Waals surface area contributed by atoms with Crippen LogP contribution in [0.5, 0.6) is 0 Å². The average molecular weight is 362 g/mol. The molecule has 2 N–H and O–H groups in total. The third kappa shape index (κ3) is 2.97. The fourth-order valence-corrected chi connectivity index (χ4v) is 2.92. The smallest absolute Gasteiger partial charge is 0.227 e. The van der Waals surface area contributed by atoms with Gasteiger partial charge in [0.25, 0.3) is 0 Å². The minimum atomic E-state index is -0.354. The summed E-state index contributed by atoms with van der Waals surface area (Å²) in [4.78, 5) is 11.2. The molecule has 2 aromatic heterocycles. The van der Waals surface area contributed by atoms with Gasteiger partial charge in [0, 0.05) is 19.2 Å². The predicted molar refractivity (Wildman–Crippen MR) is 105 cm³/mol. The number of nitrogen functional groups attached to an aromatic ring is 1. The first-order valence-corrected chi connectivity index (χ1v) is 8.67. The van der Waals surface area contributed by atoms with E-state index in [1.54, 1.807) is 12.1 Å². The molecule has 0 spiro atoms. The van der Waals surface area contributed by atoms with Gasteiger partial charge in [-0.15, -0.1) is 5.10 Å². The van der Waals surface area contributed by atoms with Gasteiger partial charge in [-0.05, 0) is 25.1 Å². The number of nitrogens with two attached hydrogens (primary N) is 1. The Morgan fingerprint density at radius 2 is 1.85 bits per heavy atom. The Morgan fingerprint density at radius 1 is 1.07 bits per heavy atom. The van der Waals surface area contributed by atoms with E-state index >= 15 is 0 Å². The molecule has 0 bridgehead atoms. The highest BCUT2D eigenvalue weighted by Gasteiger charge is 2.20. The van der Waals surface area contributed by atoms with Gasteiger partial charge < -0.3 is 10.6 Å². The topological polar surface area (TPSA) is 72.9 Å². The summed E-state index contributed by atoms with van der Waals surface area (Å²) in [6.07, 6.45) is 0. The van der Waals surface area contributed by atoms with Crippen molar-refractivity contribution in [1.29, 1.82) is 0 Å². The minimum Gasteiger partial charge on any atom is -0.383 e. The van der Waals surface area contributed by atoms with Crippen LogP contribution in [0.3, 0.4) is 0 Å². The number of benzene rings is 2. The first-order valence-electron chi connectivity index (χ1n) is 8.67. The zero-order valence-electron chi connectivity index (χ0n) is 15.1. The quantitative estimate of drug-likeness (QED) is 0.600. The van der Waals surface area contributed by atoms with Crippen molar-refractivity contribution in [3.63, 3.8) is 0 Å². The Hall–Kier alpha value is -3.48. The van der Waals surface area contributed by atoms with Crippen LogP contribution in [0.1, 0.15) is 6.92 Å².